The molecule has 2 aromatic carbocycles. The number of fused-ring (bicyclic) bond motifs is 1. The van der Waals surface area contributed by atoms with Crippen LogP contribution in [0.3, 0.4) is 0 Å². The van der Waals surface area contributed by atoms with Crippen molar-refractivity contribution in [2.45, 2.75) is 26.7 Å². The molecule has 0 saturated heterocycles. The van der Waals surface area contributed by atoms with Gasteiger partial charge >= 0.3 is 0 Å². The van der Waals surface area contributed by atoms with Crippen LogP contribution in [0.15, 0.2) is 54.6 Å². The Balaban J connectivity index is 1.83. The third kappa shape index (κ3) is 3.30. The Morgan fingerprint density at radius 1 is 1.08 bits per heavy atom. The average molecular weight is 318 g/mol. The number of carbonyl (C=O) groups is 1. The summed E-state index contributed by atoms with van der Waals surface area (Å²) < 4.78 is 0. The number of pyridine rings is 1. The van der Waals surface area contributed by atoms with E-state index < -0.39 is 0 Å². The molecule has 122 valence electrons. The molecule has 1 aromatic heterocycles. The molecule has 0 aliphatic rings. The number of amides is 1. The zero-order chi connectivity index (χ0) is 17.1. The molecule has 3 heteroatoms. The summed E-state index contributed by atoms with van der Waals surface area (Å²) in [4.78, 5) is 17.3. The molecule has 1 heterocycles. The second kappa shape index (κ2) is 6.83. The van der Waals surface area contributed by atoms with Crippen molar-refractivity contribution in [2.24, 2.45) is 0 Å². The number of nitrogens with zero attached hydrogens (tertiary/aromatic N) is 1. The first-order chi connectivity index (χ1) is 11.6. The first-order valence-corrected chi connectivity index (χ1v) is 8.26. The molecule has 0 aliphatic carbocycles. The largest absolute Gasteiger partial charge is 0.351 e. The molecular weight excluding hydrogens is 296 g/mol. The van der Waals surface area contributed by atoms with Gasteiger partial charge in [-0.2, -0.15) is 0 Å². The number of benzene rings is 2. The monoisotopic (exact) mass is 318 g/mol. The Bertz CT molecular complexity index is 872. The van der Waals surface area contributed by atoms with Gasteiger partial charge in [0.05, 0.1) is 11.1 Å². The highest BCUT2D eigenvalue weighted by atomic mass is 16.1. The number of aromatic nitrogens is 1. The van der Waals surface area contributed by atoms with Gasteiger partial charge in [-0.05, 0) is 37.0 Å². The van der Waals surface area contributed by atoms with E-state index in [1.807, 2.05) is 56.3 Å². The minimum Gasteiger partial charge on any atom is -0.351 e. The van der Waals surface area contributed by atoms with Crippen molar-refractivity contribution in [1.82, 2.24) is 10.3 Å². The Morgan fingerprint density at radius 2 is 1.83 bits per heavy atom. The van der Waals surface area contributed by atoms with Gasteiger partial charge in [0.15, 0.2) is 0 Å². The summed E-state index contributed by atoms with van der Waals surface area (Å²) in [5.41, 5.74) is 4.77. The molecule has 1 N–H and O–H groups in total. The van der Waals surface area contributed by atoms with Gasteiger partial charge in [-0.1, -0.05) is 55.5 Å². The predicted octanol–water partition coefficient (Wildman–Crippen LogP) is 4.39. The quantitative estimate of drug-likeness (QED) is 0.775. The molecule has 0 fully saturated rings. The lowest BCUT2D eigenvalue weighted by Gasteiger charge is -2.14. The van der Waals surface area contributed by atoms with Crippen LogP contribution in [0.2, 0.25) is 0 Å². The number of hydrogen-bond donors (Lipinski definition) is 1. The van der Waals surface area contributed by atoms with E-state index in [4.69, 9.17) is 0 Å². The van der Waals surface area contributed by atoms with Crippen LogP contribution in [0, 0.1) is 13.8 Å². The molecule has 3 nitrogen and oxygen atoms in total. The Hall–Kier alpha value is -2.68. The molecule has 1 atom stereocenters. The normalized spacial score (nSPS) is 12.1. The van der Waals surface area contributed by atoms with Crippen molar-refractivity contribution in [3.63, 3.8) is 0 Å². The van der Waals surface area contributed by atoms with Crippen LogP contribution in [0.1, 0.15) is 40.0 Å². The third-order valence-corrected chi connectivity index (χ3v) is 4.35. The third-order valence-electron chi connectivity index (χ3n) is 4.35. The van der Waals surface area contributed by atoms with Gasteiger partial charge in [0.25, 0.3) is 5.91 Å². The van der Waals surface area contributed by atoms with Crippen molar-refractivity contribution in [1.29, 1.82) is 0 Å². The van der Waals surface area contributed by atoms with Crippen LogP contribution in [0.4, 0.5) is 0 Å². The highest BCUT2D eigenvalue weighted by molar-refractivity contribution is 6.06. The summed E-state index contributed by atoms with van der Waals surface area (Å²) in [6.45, 7) is 6.68. The van der Waals surface area contributed by atoms with Crippen molar-refractivity contribution >= 4 is 16.8 Å². The van der Waals surface area contributed by atoms with Gasteiger partial charge in [-0.15, -0.1) is 0 Å². The summed E-state index contributed by atoms with van der Waals surface area (Å²) in [5.74, 6) is 0.227. The number of hydrogen-bond acceptors (Lipinski definition) is 2. The molecule has 0 bridgehead atoms. The Morgan fingerprint density at radius 3 is 2.58 bits per heavy atom. The van der Waals surface area contributed by atoms with E-state index in [1.54, 1.807) is 0 Å². The molecule has 3 rings (SSSR count). The van der Waals surface area contributed by atoms with Crippen LogP contribution >= 0.6 is 0 Å². The highest BCUT2D eigenvalue weighted by Gasteiger charge is 2.14. The van der Waals surface area contributed by atoms with Crippen molar-refractivity contribution < 1.29 is 4.79 Å². The van der Waals surface area contributed by atoms with E-state index in [-0.39, 0.29) is 11.8 Å². The first kappa shape index (κ1) is 16.2. The zero-order valence-electron chi connectivity index (χ0n) is 14.3. The second-order valence-electron chi connectivity index (χ2n) is 6.30. The van der Waals surface area contributed by atoms with Crippen LogP contribution in [0.25, 0.3) is 10.9 Å². The average Bonchev–Trinajstić information content (AvgIpc) is 2.60. The Labute approximate surface area is 142 Å². The van der Waals surface area contributed by atoms with Gasteiger partial charge < -0.3 is 5.32 Å². The van der Waals surface area contributed by atoms with E-state index in [0.29, 0.717) is 12.1 Å². The molecule has 0 radical (unpaired) electrons. The van der Waals surface area contributed by atoms with Gasteiger partial charge in [0.1, 0.15) is 0 Å². The number of rotatable bonds is 4. The predicted molar refractivity (Wildman–Crippen MR) is 98.4 cm³/mol. The van der Waals surface area contributed by atoms with Crippen molar-refractivity contribution in [3.05, 3.63) is 77.0 Å². The zero-order valence-corrected chi connectivity index (χ0v) is 14.3. The fraction of sp³-hybridized carbons (Fsp3) is 0.238. The van der Waals surface area contributed by atoms with Crippen LogP contribution < -0.4 is 5.32 Å². The van der Waals surface area contributed by atoms with Gasteiger partial charge in [0, 0.05) is 17.6 Å². The minimum absolute atomic E-state index is 0.0427. The highest BCUT2D eigenvalue weighted by Crippen LogP contribution is 2.21. The molecule has 3 aromatic rings. The summed E-state index contributed by atoms with van der Waals surface area (Å²) in [5, 5.41) is 3.98. The smallest absolute Gasteiger partial charge is 0.252 e. The summed E-state index contributed by atoms with van der Waals surface area (Å²) >= 11 is 0. The van der Waals surface area contributed by atoms with E-state index in [9.17, 15) is 4.79 Å². The van der Waals surface area contributed by atoms with Gasteiger partial charge in [-0.3, -0.25) is 9.78 Å². The number of carbonyl (C=O) groups excluding carboxylic acids is 1. The number of nitrogens with one attached hydrogen (secondary N) is 1. The van der Waals surface area contributed by atoms with Crippen LogP contribution in [0.5, 0.6) is 0 Å². The molecule has 0 unspecified atom stereocenters. The lowest BCUT2D eigenvalue weighted by molar-refractivity contribution is 0.0953. The minimum atomic E-state index is -0.0427. The van der Waals surface area contributed by atoms with Crippen molar-refractivity contribution in [3.8, 4) is 0 Å². The van der Waals surface area contributed by atoms with Crippen LogP contribution in [-0.2, 0) is 0 Å². The summed E-state index contributed by atoms with van der Waals surface area (Å²) in [6.07, 6.45) is 0. The van der Waals surface area contributed by atoms with E-state index in [1.165, 1.54) is 5.56 Å². The molecule has 1 amide bonds. The lowest BCUT2D eigenvalue weighted by atomic mass is 10.0. The molecule has 0 aliphatic heterocycles. The fourth-order valence-electron chi connectivity index (χ4n) is 2.95. The number of aryl methyl sites for hydroxylation is 2. The van der Waals surface area contributed by atoms with E-state index in [0.717, 1.165) is 22.2 Å². The first-order valence-electron chi connectivity index (χ1n) is 8.26. The molecule has 0 spiro atoms. The SMILES string of the molecule is Cc1cc(C(=O)NC[C@@H](C)c2ccccc2)c2cccc(C)c2n1. The standard InChI is InChI=1S/C21H22N2O/c1-14-8-7-11-18-19(12-16(3)23-20(14)18)21(24)22-13-15(2)17-9-5-4-6-10-17/h4-12,15H,13H2,1-3H3,(H,22,24)/t15-/m1/s1. The molecule has 24 heavy (non-hydrogen) atoms. The van der Waals surface area contributed by atoms with Crippen molar-refractivity contribution in [2.75, 3.05) is 6.54 Å². The number of para-hydroxylation sites is 1. The van der Waals surface area contributed by atoms with E-state index in [2.05, 4.69) is 29.4 Å². The van der Waals surface area contributed by atoms with Gasteiger partial charge in [0.2, 0.25) is 0 Å². The maximum atomic E-state index is 12.7. The Kier molecular flexibility index (Phi) is 4.61. The summed E-state index contributed by atoms with van der Waals surface area (Å²) in [7, 11) is 0. The van der Waals surface area contributed by atoms with Gasteiger partial charge in [-0.25, -0.2) is 0 Å². The maximum Gasteiger partial charge on any atom is 0.252 e. The summed E-state index contributed by atoms with van der Waals surface area (Å²) in [6, 6.07) is 18.0. The topological polar surface area (TPSA) is 42.0 Å². The molecular formula is C21H22N2O. The maximum absolute atomic E-state index is 12.7. The second-order valence-corrected chi connectivity index (χ2v) is 6.30. The van der Waals surface area contributed by atoms with E-state index >= 15 is 0 Å². The fourth-order valence-corrected chi connectivity index (χ4v) is 2.95. The molecule has 0 saturated carbocycles. The van der Waals surface area contributed by atoms with Crippen LogP contribution in [-0.4, -0.2) is 17.4 Å². The lowest BCUT2D eigenvalue weighted by Crippen LogP contribution is -2.27.